The number of hydrogen-bond donors (Lipinski definition) is 0. The van der Waals surface area contributed by atoms with Crippen molar-refractivity contribution in [2.24, 2.45) is 0 Å². The second-order valence-corrected chi connectivity index (χ2v) is 4.99. The van der Waals surface area contributed by atoms with E-state index in [0.717, 1.165) is 10.6 Å². The normalized spacial score (nSPS) is 10.4. The van der Waals surface area contributed by atoms with Gasteiger partial charge in [-0.25, -0.2) is 9.78 Å². The molecule has 1 heterocycles. The fourth-order valence-electron chi connectivity index (χ4n) is 1.49. The van der Waals surface area contributed by atoms with E-state index in [-0.39, 0.29) is 6.61 Å². The van der Waals surface area contributed by atoms with Crippen LogP contribution in [0.4, 0.5) is 0 Å². The summed E-state index contributed by atoms with van der Waals surface area (Å²) in [7, 11) is 0. The number of hydrogen-bond acceptors (Lipinski definition) is 5. The molecule has 0 bridgehead atoms. The fraction of sp³-hybridized carbons (Fsp3) is 0.286. The quantitative estimate of drug-likeness (QED) is 0.602. The molecule has 5 heteroatoms. The van der Waals surface area contributed by atoms with Gasteiger partial charge in [-0.1, -0.05) is 30.3 Å². The van der Waals surface area contributed by atoms with Crippen molar-refractivity contribution in [1.82, 2.24) is 4.98 Å². The zero-order chi connectivity index (χ0) is 13.5. The van der Waals surface area contributed by atoms with Gasteiger partial charge in [0, 0.05) is 5.38 Å². The van der Waals surface area contributed by atoms with Crippen molar-refractivity contribution in [2.45, 2.75) is 13.5 Å². The van der Waals surface area contributed by atoms with E-state index in [1.165, 1.54) is 11.3 Å². The van der Waals surface area contributed by atoms with Gasteiger partial charge in [0.2, 0.25) is 0 Å². The minimum atomic E-state index is -0.396. The first-order valence-electron chi connectivity index (χ1n) is 5.96. The summed E-state index contributed by atoms with van der Waals surface area (Å²) in [6, 6.07) is 9.86. The molecule has 0 saturated heterocycles. The Morgan fingerprint density at radius 3 is 2.74 bits per heavy atom. The van der Waals surface area contributed by atoms with E-state index in [1.54, 1.807) is 5.38 Å². The Morgan fingerprint density at radius 2 is 2.05 bits per heavy atom. The lowest BCUT2D eigenvalue weighted by molar-refractivity contribution is 0.0283. The summed E-state index contributed by atoms with van der Waals surface area (Å²) in [5, 5.41) is 2.55. The highest BCUT2D eigenvalue weighted by molar-refractivity contribution is 7.09. The van der Waals surface area contributed by atoms with Gasteiger partial charge in [-0.15, -0.1) is 11.3 Å². The third kappa shape index (κ3) is 4.46. The van der Waals surface area contributed by atoms with Crippen LogP contribution in [0.5, 0.6) is 0 Å². The summed E-state index contributed by atoms with van der Waals surface area (Å²) in [4.78, 5) is 15.6. The molecule has 0 aliphatic heterocycles. The number of carbonyl (C=O) groups is 1. The number of nitrogens with zero attached hydrogens (tertiary/aromatic N) is 1. The monoisotopic (exact) mass is 277 g/mol. The van der Waals surface area contributed by atoms with E-state index in [4.69, 9.17) is 9.47 Å². The first-order valence-corrected chi connectivity index (χ1v) is 6.84. The number of aromatic nitrogens is 1. The molecule has 0 radical (unpaired) electrons. The molecule has 0 amide bonds. The lowest BCUT2D eigenvalue weighted by Gasteiger charge is -2.05. The summed E-state index contributed by atoms with van der Waals surface area (Å²) in [6.45, 7) is 2.99. The molecule has 0 N–H and O–H groups in total. The van der Waals surface area contributed by atoms with E-state index in [1.807, 2.05) is 37.3 Å². The maximum atomic E-state index is 11.6. The van der Waals surface area contributed by atoms with Crippen LogP contribution in [0, 0.1) is 6.92 Å². The Hall–Kier alpha value is -1.72. The first kappa shape index (κ1) is 13.7. The van der Waals surface area contributed by atoms with Gasteiger partial charge < -0.3 is 9.47 Å². The van der Waals surface area contributed by atoms with Crippen molar-refractivity contribution in [1.29, 1.82) is 0 Å². The van der Waals surface area contributed by atoms with Crippen LogP contribution < -0.4 is 0 Å². The van der Waals surface area contributed by atoms with E-state index in [0.29, 0.717) is 18.9 Å². The summed E-state index contributed by atoms with van der Waals surface area (Å²) >= 11 is 1.43. The number of rotatable bonds is 6. The topological polar surface area (TPSA) is 48.4 Å². The molecule has 2 aromatic rings. The highest BCUT2D eigenvalue weighted by Crippen LogP contribution is 2.08. The Balaban J connectivity index is 1.63. The summed E-state index contributed by atoms with van der Waals surface area (Å²) in [5.74, 6) is -0.396. The van der Waals surface area contributed by atoms with Gasteiger partial charge in [0.15, 0.2) is 5.69 Å². The zero-order valence-corrected chi connectivity index (χ0v) is 11.5. The number of carbonyl (C=O) groups excluding carboxylic acids is 1. The van der Waals surface area contributed by atoms with Gasteiger partial charge in [-0.2, -0.15) is 0 Å². The Bertz CT molecular complexity index is 524. The van der Waals surface area contributed by atoms with Crippen molar-refractivity contribution >= 4 is 17.3 Å². The van der Waals surface area contributed by atoms with E-state index < -0.39 is 5.97 Å². The average molecular weight is 277 g/mol. The molecule has 2 rings (SSSR count). The molecule has 4 nitrogen and oxygen atoms in total. The van der Waals surface area contributed by atoms with Crippen LogP contribution in [0.1, 0.15) is 21.1 Å². The highest BCUT2D eigenvalue weighted by Gasteiger charge is 2.10. The Kier molecular flexibility index (Phi) is 5.06. The van der Waals surface area contributed by atoms with E-state index >= 15 is 0 Å². The number of benzene rings is 1. The second-order valence-electron chi connectivity index (χ2n) is 3.93. The maximum Gasteiger partial charge on any atom is 0.357 e. The van der Waals surface area contributed by atoms with Gasteiger partial charge >= 0.3 is 5.97 Å². The summed E-state index contributed by atoms with van der Waals surface area (Å²) in [6.07, 6.45) is 0. The molecule has 0 unspecified atom stereocenters. The third-order valence-corrected chi connectivity index (χ3v) is 3.17. The first-order chi connectivity index (χ1) is 9.25. The van der Waals surface area contributed by atoms with E-state index in [9.17, 15) is 4.79 Å². The molecule has 0 saturated carbocycles. The molecule has 1 aromatic heterocycles. The average Bonchev–Trinajstić information content (AvgIpc) is 2.86. The van der Waals surface area contributed by atoms with Gasteiger partial charge in [0.25, 0.3) is 0 Å². The molecule has 1 aromatic carbocycles. The predicted molar refractivity (Wildman–Crippen MR) is 73.2 cm³/mol. The van der Waals surface area contributed by atoms with Crippen molar-refractivity contribution in [3.63, 3.8) is 0 Å². The molecule has 0 atom stereocenters. The summed E-state index contributed by atoms with van der Waals surface area (Å²) in [5.41, 5.74) is 1.47. The molecule has 100 valence electrons. The fourth-order valence-corrected chi connectivity index (χ4v) is 2.07. The van der Waals surface area contributed by atoms with Crippen LogP contribution in [0.25, 0.3) is 0 Å². The minimum absolute atomic E-state index is 0.238. The molecule has 0 aliphatic carbocycles. The highest BCUT2D eigenvalue weighted by atomic mass is 32.1. The Labute approximate surface area is 116 Å². The number of ether oxygens (including phenoxy) is 2. The molecular formula is C14H15NO3S. The lowest BCUT2D eigenvalue weighted by Crippen LogP contribution is -2.11. The van der Waals surface area contributed by atoms with Crippen LogP contribution in [0.2, 0.25) is 0 Å². The third-order valence-electron chi connectivity index (χ3n) is 2.40. The Morgan fingerprint density at radius 1 is 1.26 bits per heavy atom. The van der Waals surface area contributed by atoms with Gasteiger partial charge in [-0.05, 0) is 12.5 Å². The van der Waals surface area contributed by atoms with Crippen molar-refractivity contribution < 1.29 is 14.3 Å². The van der Waals surface area contributed by atoms with Crippen molar-refractivity contribution in [3.05, 3.63) is 52.0 Å². The standard InChI is InChI=1S/C14H15NO3S/c1-11-15-13(10-19-11)14(16)18-8-7-17-9-12-5-3-2-4-6-12/h2-6,10H,7-9H2,1H3. The zero-order valence-electron chi connectivity index (χ0n) is 10.7. The van der Waals surface area contributed by atoms with Gasteiger partial charge in [0.05, 0.1) is 18.2 Å². The van der Waals surface area contributed by atoms with Gasteiger partial charge in [0.1, 0.15) is 6.61 Å². The van der Waals surface area contributed by atoms with Crippen LogP contribution in [-0.2, 0) is 16.1 Å². The van der Waals surface area contributed by atoms with Crippen LogP contribution in [0.3, 0.4) is 0 Å². The molecule has 0 fully saturated rings. The van der Waals surface area contributed by atoms with E-state index in [2.05, 4.69) is 4.98 Å². The number of esters is 1. The van der Waals surface area contributed by atoms with Crippen molar-refractivity contribution in [3.8, 4) is 0 Å². The minimum Gasteiger partial charge on any atom is -0.458 e. The molecule has 0 aliphatic rings. The molecule has 19 heavy (non-hydrogen) atoms. The maximum absolute atomic E-state index is 11.6. The van der Waals surface area contributed by atoms with Crippen molar-refractivity contribution in [2.75, 3.05) is 13.2 Å². The van der Waals surface area contributed by atoms with Crippen LogP contribution >= 0.6 is 11.3 Å². The molecular weight excluding hydrogens is 262 g/mol. The van der Waals surface area contributed by atoms with Gasteiger partial charge in [-0.3, -0.25) is 0 Å². The second kappa shape index (κ2) is 7.01. The SMILES string of the molecule is Cc1nc(C(=O)OCCOCc2ccccc2)cs1. The lowest BCUT2D eigenvalue weighted by atomic mass is 10.2. The predicted octanol–water partition coefficient (Wildman–Crippen LogP) is 2.83. The number of aryl methyl sites for hydroxylation is 1. The number of thiazole rings is 1. The summed E-state index contributed by atoms with van der Waals surface area (Å²) < 4.78 is 10.5. The smallest absolute Gasteiger partial charge is 0.357 e. The van der Waals surface area contributed by atoms with Crippen LogP contribution in [-0.4, -0.2) is 24.2 Å². The van der Waals surface area contributed by atoms with Crippen LogP contribution in [0.15, 0.2) is 35.7 Å². The molecule has 0 spiro atoms. The largest absolute Gasteiger partial charge is 0.458 e.